The highest BCUT2D eigenvalue weighted by Crippen LogP contribution is 2.40. The minimum absolute atomic E-state index is 0.0160. The predicted molar refractivity (Wildman–Crippen MR) is 89.9 cm³/mol. The third-order valence-corrected chi connectivity index (χ3v) is 2.82. The van der Waals surface area contributed by atoms with Crippen molar-refractivity contribution in [2.75, 3.05) is 0 Å². The van der Waals surface area contributed by atoms with Crippen LogP contribution in [-0.4, -0.2) is 17.7 Å². The fraction of sp³-hybridized carbons (Fsp3) is 0.444. The first kappa shape index (κ1) is 17.8. The van der Waals surface area contributed by atoms with Crippen molar-refractivity contribution < 1.29 is 23.4 Å². The topological polar surface area (TPSA) is 75.0 Å². The van der Waals surface area contributed by atoms with Crippen LogP contribution < -0.4 is 19.8 Å². The molecule has 0 bridgehead atoms. The molecule has 0 fully saturated rings. The van der Waals surface area contributed by atoms with Gasteiger partial charge in [0.05, 0.1) is 6.10 Å². The Labute approximate surface area is 140 Å². The van der Waals surface area contributed by atoms with Gasteiger partial charge in [0.25, 0.3) is 0 Å². The van der Waals surface area contributed by atoms with Crippen molar-refractivity contribution in [3.63, 3.8) is 0 Å². The summed E-state index contributed by atoms with van der Waals surface area (Å²) in [6.07, 6.45) is -0.296. The average molecular weight is 334 g/mol. The van der Waals surface area contributed by atoms with Crippen LogP contribution in [0.2, 0.25) is 0 Å². The highest BCUT2D eigenvalue weighted by atomic mass is 16.6. The van der Waals surface area contributed by atoms with E-state index in [0.717, 1.165) is 0 Å². The van der Waals surface area contributed by atoms with Crippen LogP contribution in [0.5, 0.6) is 17.2 Å². The second-order valence-corrected chi connectivity index (χ2v) is 6.65. The molecule has 0 radical (unpaired) electrons. The van der Waals surface area contributed by atoms with E-state index in [1.165, 1.54) is 6.92 Å². The van der Waals surface area contributed by atoms with Gasteiger partial charge >= 0.3 is 11.6 Å². The molecule has 130 valence electrons. The maximum Gasteiger partial charge on any atom is 0.383 e. The summed E-state index contributed by atoms with van der Waals surface area (Å²) in [5.41, 5.74) is -0.939. The average Bonchev–Trinajstić information content (AvgIpc) is 2.40. The molecule has 0 saturated carbocycles. The third-order valence-electron chi connectivity index (χ3n) is 2.82. The lowest BCUT2D eigenvalue weighted by atomic mass is 10.1. The Morgan fingerprint density at radius 3 is 2.38 bits per heavy atom. The Balaban J connectivity index is 2.82. The van der Waals surface area contributed by atoms with E-state index in [1.54, 1.807) is 32.0 Å². The number of rotatable bonds is 4. The van der Waals surface area contributed by atoms with E-state index in [9.17, 15) is 9.59 Å². The molecule has 1 aromatic carbocycles. The standard InChI is InChI=1S/C18H22O6/c1-10(2)21-16-15(22-11(3)19)14-12(23-17(16)20)8-7-9-13(14)24-18(4,5)6/h7-10H,1-6H3. The molecule has 6 nitrogen and oxygen atoms in total. The van der Waals surface area contributed by atoms with Gasteiger partial charge < -0.3 is 18.6 Å². The summed E-state index contributed by atoms with van der Waals surface area (Å²) in [5.74, 6) is -0.255. The summed E-state index contributed by atoms with van der Waals surface area (Å²) in [7, 11) is 0. The summed E-state index contributed by atoms with van der Waals surface area (Å²) in [6, 6.07) is 5.03. The van der Waals surface area contributed by atoms with Crippen molar-refractivity contribution in [1.29, 1.82) is 0 Å². The molecule has 0 saturated heterocycles. The van der Waals surface area contributed by atoms with Crippen molar-refractivity contribution in [3.8, 4) is 17.2 Å². The summed E-state index contributed by atoms with van der Waals surface area (Å²) in [6.45, 7) is 10.5. The largest absolute Gasteiger partial charge is 0.487 e. The van der Waals surface area contributed by atoms with Gasteiger partial charge in [-0.2, -0.15) is 0 Å². The maximum absolute atomic E-state index is 12.2. The van der Waals surface area contributed by atoms with Gasteiger partial charge in [-0.15, -0.1) is 0 Å². The molecule has 0 atom stereocenters. The number of esters is 1. The lowest BCUT2D eigenvalue weighted by Gasteiger charge is -2.23. The first-order chi connectivity index (χ1) is 11.1. The van der Waals surface area contributed by atoms with E-state index in [0.29, 0.717) is 11.1 Å². The Morgan fingerprint density at radius 2 is 1.83 bits per heavy atom. The Bertz CT molecular complexity index is 811. The van der Waals surface area contributed by atoms with Gasteiger partial charge in [-0.25, -0.2) is 4.79 Å². The Kier molecular flexibility index (Phi) is 4.87. The van der Waals surface area contributed by atoms with E-state index < -0.39 is 17.2 Å². The van der Waals surface area contributed by atoms with Crippen molar-refractivity contribution in [3.05, 3.63) is 28.6 Å². The number of hydrogen-bond donors (Lipinski definition) is 0. The molecule has 0 aliphatic carbocycles. The molecule has 2 aromatic rings. The van der Waals surface area contributed by atoms with Gasteiger partial charge in [0.2, 0.25) is 5.75 Å². The summed E-state index contributed by atoms with van der Waals surface area (Å²) in [5, 5.41) is 0.387. The summed E-state index contributed by atoms with van der Waals surface area (Å²) < 4.78 is 22.1. The normalized spacial score (nSPS) is 11.6. The zero-order valence-electron chi connectivity index (χ0n) is 14.8. The van der Waals surface area contributed by atoms with Crippen LogP contribution in [0.1, 0.15) is 41.5 Å². The monoisotopic (exact) mass is 334 g/mol. The van der Waals surface area contributed by atoms with Crippen molar-refractivity contribution in [2.45, 2.75) is 53.2 Å². The molecule has 0 aliphatic rings. The molecule has 2 rings (SSSR count). The molecule has 0 aliphatic heterocycles. The van der Waals surface area contributed by atoms with Crippen LogP contribution in [0.3, 0.4) is 0 Å². The van der Waals surface area contributed by atoms with E-state index >= 15 is 0 Å². The van der Waals surface area contributed by atoms with E-state index in [-0.39, 0.29) is 23.2 Å². The van der Waals surface area contributed by atoms with Gasteiger partial charge in [0.15, 0.2) is 5.75 Å². The molecular weight excluding hydrogens is 312 g/mol. The highest BCUT2D eigenvalue weighted by molar-refractivity contribution is 5.93. The number of ether oxygens (including phenoxy) is 3. The van der Waals surface area contributed by atoms with E-state index in [2.05, 4.69) is 0 Å². The third kappa shape index (κ3) is 4.07. The summed E-state index contributed by atoms with van der Waals surface area (Å²) in [4.78, 5) is 23.8. The first-order valence-electron chi connectivity index (χ1n) is 7.72. The SMILES string of the molecule is CC(=O)Oc1c(OC(C)C)c(=O)oc2cccc(OC(C)(C)C)c12. The molecular formula is C18H22O6. The van der Waals surface area contributed by atoms with Gasteiger partial charge in [0, 0.05) is 6.92 Å². The highest BCUT2D eigenvalue weighted by Gasteiger charge is 2.25. The van der Waals surface area contributed by atoms with Gasteiger partial charge in [-0.05, 0) is 46.8 Å². The Hall–Kier alpha value is -2.50. The predicted octanol–water partition coefficient (Wildman–Crippen LogP) is 3.68. The zero-order valence-corrected chi connectivity index (χ0v) is 14.8. The molecule has 6 heteroatoms. The van der Waals surface area contributed by atoms with Crippen molar-refractivity contribution in [2.24, 2.45) is 0 Å². The first-order valence-corrected chi connectivity index (χ1v) is 7.72. The second kappa shape index (κ2) is 6.55. The number of carbonyl (C=O) groups is 1. The molecule has 0 spiro atoms. The maximum atomic E-state index is 12.2. The van der Waals surface area contributed by atoms with Crippen LogP contribution in [0.4, 0.5) is 0 Å². The van der Waals surface area contributed by atoms with E-state index in [1.807, 2.05) is 20.8 Å². The van der Waals surface area contributed by atoms with Crippen molar-refractivity contribution >= 4 is 16.9 Å². The van der Waals surface area contributed by atoms with Crippen LogP contribution in [0, 0.1) is 0 Å². The minimum Gasteiger partial charge on any atom is -0.487 e. The molecule has 0 N–H and O–H groups in total. The summed E-state index contributed by atoms with van der Waals surface area (Å²) >= 11 is 0. The molecule has 0 unspecified atom stereocenters. The number of benzene rings is 1. The fourth-order valence-electron chi connectivity index (χ4n) is 2.17. The number of carbonyl (C=O) groups excluding carboxylic acids is 1. The fourth-order valence-corrected chi connectivity index (χ4v) is 2.17. The lowest BCUT2D eigenvalue weighted by molar-refractivity contribution is -0.131. The second-order valence-electron chi connectivity index (χ2n) is 6.65. The quantitative estimate of drug-likeness (QED) is 0.627. The van der Waals surface area contributed by atoms with Crippen LogP contribution >= 0.6 is 0 Å². The van der Waals surface area contributed by atoms with E-state index in [4.69, 9.17) is 18.6 Å². The lowest BCUT2D eigenvalue weighted by Crippen LogP contribution is -2.23. The van der Waals surface area contributed by atoms with Gasteiger partial charge in [-0.3, -0.25) is 4.79 Å². The molecule has 1 aromatic heterocycles. The Morgan fingerprint density at radius 1 is 1.17 bits per heavy atom. The van der Waals surface area contributed by atoms with Crippen molar-refractivity contribution in [1.82, 2.24) is 0 Å². The molecule has 1 heterocycles. The van der Waals surface area contributed by atoms with Gasteiger partial charge in [-0.1, -0.05) is 6.07 Å². The number of fused-ring (bicyclic) bond motifs is 1. The van der Waals surface area contributed by atoms with Gasteiger partial charge in [0.1, 0.15) is 22.3 Å². The number of hydrogen-bond acceptors (Lipinski definition) is 6. The minimum atomic E-state index is -0.708. The van der Waals surface area contributed by atoms with Crippen LogP contribution in [0.25, 0.3) is 11.0 Å². The van der Waals surface area contributed by atoms with Crippen LogP contribution in [0.15, 0.2) is 27.4 Å². The molecule has 24 heavy (non-hydrogen) atoms. The molecule has 0 amide bonds. The smallest absolute Gasteiger partial charge is 0.383 e. The van der Waals surface area contributed by atoms with Crippen LogP contribution in [-0.2, 0) is 4.79 Å². The zero-order chi connectivity index (χ0) is 18.1.